The normalized spacial score (nSPS) is 10.3. The number of nitrogens with two attached hydrogens (primary N) is 1. The zero-order valence-corrected chi connectivity index (χ0v) is 9.65. The van der Waals surface area contributed by atoms with E-state index < -0.39 is 0 Å². The summed E-state index contributed by atoms with van der Waals surface area (Å²) in [5.41, 5.74) is 8.30. The van der Waals surface area contributed by atoms with Gasteiger partial charge in [-0.2, -0.15) is 4.98 Å². The molecule has 0 saturated carbocycles. The van der Waals surface area contributed by atoms with Gasteiger partial charge < -0.3 is 15.7 Å². The first-order valence-corrected chi connectivity index (χ1v) is 5.33. The number of anilines is 1. The van der Waals surface area contributed by atoms with E-state index in [1.54, 1.807) is 25.0 Å². The Balaban J connectivity index is 0.000000117. The fraction of sp³-hybridized carbons (Fsp3) is 0. The highest BCUT2D eigenvalue weighted by Gasteiger charge is 1.96. The van der Waals surface area contributed by atoms with Crippen LogP contribution in [0.5, 0.6) is 0 Å². The van der Waals surface area contributed by atoms with Crippen LogP contribution in [-0.2, 0) is 0 Å². The highest BCUT2D eigenvalue weighted by atomic mass is 15.1. The molecule has 0 spiro atoms. The Labute approximate surface area is 106 Å². The molecule has 0 amide bonds. The summed E-state index contributed by atoms with van der Waals surface area (Å²) < 4.78 is 0. The molecule has 19 heavy (non-hydrogen) atoms. The third-order valence-corrected chi connectivity index (χ3v) is 2.29. The maximum absolute atomic E-state index is 5.31. The molecule has 0 aliphatic carbocycles. The van der Waals surface area contributed by atoms with E-state index in [0.717, 1.165) is 11.0 Å². The Morgan fingerprint density at radius 3 is 2.37 bits per heavy atom. The second-order valence-corrected chi connectivity index (χ2v) is 3.53. The van der Waals surface area contributed by atoms with Gasteiger partial charge in [-0.25, -0.2) is 24.9 Å². The van der Waals surface area contributed by atoms with E-state index in [1.165, 1.54) is 6.33 Å². The van der Waals surface area contributed by atoms with E-state index >= 15 is 0 Å². The van der Waals surface area contributed by atoms with Crippen LogP contribution in [0.1, 0.15) is 0 Å². The van der Waals surface area contributed by atoms with Crippen molar-refractivity contribution < 1.29 is 0 Å². The summed E-state index contributed by atoms with van der Waals surface area (Å²) in [6.45, 7) is 0. The predicted octanol–water partition coefficient (Wildman–Crippen LogP) is 0.288. The van der Waals surface area contributed by atoms with Crippen LogP contribution in [-0.4, -0.2) is 39.9 Å². The number of aromatic nitrogens is 8. The van der Waals surface area contributed by atoms with Crippen molar-refractivity contribution >= 4 is 28.3 Å². The van der Waals surface area contributed by atoms with Crippen LogP contribution in [0.25, 0.3) is 22.3 Å². The minimum Gasteiger partial charge on any atom is -0.368 e. The van der Waals surface area contributed by atoms with Crippen LogP contribution >= 0.6 is 0 Å². The highest BCUT2D eigenvalue weighted by Crippen LogP contribution is 2.03. The van der Waals surface area contributed by atoms with E-state index in [-0.39, 0.29) is 5.95 Å². The Morgan fingerprint density at radius 2 is 1.58 bits per heavy atom. The van der Waals surface area contributed by atoms with Gasteiger partial charge in [-0.15, -0.1) is 0 Å². The number of H-pyrrole nitrogens is 2. The molecule has 4 aromatic heterocycles. The van der Waals surface area contributed by atoms with Gasteiger partial charge in [0.15, 0.2) is 11.3 Å². The summed E-state index contributed by atoms with van der Waals surface area (Å²) in [6.07, 6.45) is 7.92. The zero-order chi connectivity index (χ0) is 13.1. The average Bonchev–Trinajstić information content (AvgIpc) is 3.07. The zero-order valence-electron chi connectivity index (χ0n) is 9.65. The van der Waals surface area contributed by atoms with Crippen molar-refractivity contribution in [3.8, 4) is 0 Å². The van der Waals surface area contributed by atoms with Crippen LogP contribution in [0, 0.1) is 0 Å². The quantitative estimate of drug-likeness (QED) is 0.411. The number of imidazole rings is 2. The number of nitrogen functional groups attached to an aromatic ring is 1. The van der Waals surface area contributed by atoms with Gasteiger partial charge in [0.2, 0.25) is 5.95 Å². The second-order valence-electron chi connectivity index (χ2n) is 3.53. The number of nitrogens with one attached hydrogen (secondary N) is 2. The molecule has 4 rings (SSSR count). The summed E-state index contributed by atoms with van der Waals surface area (Å²) in [5.74, 6) is 0.250. The van der Waals surface area contributed by atoms with Crippen LogP contribution in [0.2, 0.25) is 0 Å². The molecule has 0 saturated heterocycles. The molecule has 0 atom stereocenters. The van der Waals surface area contributed by atoms with Gasteiger partial charge in [-0.3, -0.25) is 0 Å². The molecule has 4 heterocycles. The Morgan fingerprint density at radius 1 is 0.842 bits per heavy atom. The molecule has 94 valence electrons. The summed E-state index contributed by atoms with van der Waals surface area (Å²) >= 11 is 0. The maximum atomic E-state index is 5.31. The Bertz CT molecular complexity index is 772. The molecule has 9 nitrogen and oxygen atoms in total. The molecule has 0 fully saturated rings. The van der Waals surface area contributed by atoms with Crippen molar-refractivity contribution in [3.05, 3.63) is 31.4 Å². The first-order chi connectivity index (χ1) is 9.33. The van der Waals surface area contributed by atoms with E-state index in [1.807, 2.05) is 0 Å². The Kier molecular flexibility index (Phi) is 2.69. The monoisotopic (exact) mass is 255 g/mol. The molecule has 0 aliphatic rings. The first kappa shape index (κ1) is 11.0. The molecule has 0 aromatic carbocycles. The summed E-state index contributed by atoms with van der Waals surface area (Å²) in [4.78, 5) is 28.9. The second kappa shape index (κ2) is 4.64. The highest BCUT2D eigenvalue weighted by molar-refractivity contribution is 5.69. The average molecular weight is 255 g/mol. The van der Waals surface area contributed by atoms with Gasteiger partial charge in [0, 0.05) is 0 Å². The van der Waals surface area contributed by atoms with Crippen molar-refractivity contribution in [2.45, 2.75) is 0 Å². The maximum Gasteiger partial charge on any atom is 0.222 e. The lowest BCUT2D eigenvalue weighted by Gasteiger charge is -1.87. The molecule has 4 aromatic rings. The van der Waals surface area contributed by atoms with Gasteiger partial charge >= 0.3 is 0 Å². The molecule has 0 radical (unpaired) electrons. The molecule has 9 heteroatoms. The molecular formula is C10H9N9. The summed E-state index contributed by atoms with van der Waals surface area (Å²) in [5, 5.41) is 0. The Hall–Kier alpha value is -3.10. The molecule has 4 N–H and O–H groups in total. The van der Waals surface area contributed by atoms with Crippen molar-refractivity contribution in [2.75, 3.05) is 5.73 Å². The lowest BCUT2D eigenvalue weighted by molar-refractivity contribution is 1.20. The number of nitrogens with zero attached hydrogens (tertiary/aromatic N) is 6. The topological polar surface area (TPSA) is 135 Å². The SMILES string of the molecule is Nc1ncc2[nH]cnc2n1.c1ncc2[nH]cnc2n1. The minimum absolute atomic E-state index is 0.250. The van der Waals surface area contributed by atoms with Crippen molar-refractivity contribution in [2.24, 2.45) is 0 Å². The lowest BCUT2D eigenvalue weighted by Crippen LogP contribution is -1.93. The fourth-order valence-corrected chi connectivity index (χ4v) is 1.44. The van der Waals surface area contributed by atoms with Crippen LogP contribution < -0.4 is 5.73 Å². The van der Waals surface area contributed by atoms with Crippen LogP contribution in [0.3, 0.4) is 0 Å². The van der Waals surface area contributed by atoms with E-state index in [9.17, 15) is 0 Å². The molecule has 0 bridgehead atoms. The first-order valence-electron chi connectivity index (χ1n) is 5.33. The third-order valence-electron chi connectivity index (χ3n) is 2.29. The van der Waals surface area contributed by atoms with E-state index in [2.05, 4.69) is 39.9 Å². The number of hydrogen-bond donors (Lipinski definition) is 3. The standard InChI is InChI=1S/C5H5N5.C5H4N4/c6-5-7-1-3-4(10-5)9-2-8-3;1-4-5(8-2-6-1)9-3-7-4/h1-2H,(H3,6,7,8,9,10);1-3H,(H,6,7,8,9). The molecule has 0 aliphatic heterocycles. The number of fused-ring (bicyclic) bond motifs is 2. The van der Waals surface area contributed by atoms with Gasteiger partial charge in [0.1, 0.15) is 17.4 Å². The fourth-order valence-electron chi connectivity index (χ4n) is 1.44. The van der Waals surface area contributed by atoms with E-state index in [0.29, 0.717) is 11.3 Å². The minimum atomic E-state index is 0.250. The van der Waals surface area contributed by atoms with Crippen molar-refractivity contribution in [3.63, 3.8) is 0 Å². The lowest BCUT2D eigenvalue weighted by atomic mass is 10.6. The number of aromatic amines is 2. The van der Waals surface area contributed by atoms with Crippen molar-refractivity contribution in [1.82, 2.24) is 39.9 Å². The summed E-state index contributed by atoms with van der Waals surface area (Å²) in [7, 11) is 0. The van der Waals surface area contributed by atoms with Crippen LogP contribution in [0.4, 0.5) is 5.95 Å². The van der Waals surface area contributed by atoms with E-state index in [4.69, 9.17) is 5.73 Å². The van der Waals surface area contributed by atoms with Crippen LogP contribution in [0.15, 0.2) is 31.4 Å². The molecule has 0 unspecified atom stereocenters. The van der Waals surface area contributed by atoms with Gasteiger partial charge in [0.25, 0.3) is 0 Å². The van der Waals surface area contributed by atoms with Crippen molar-refractivity contribution in [1.29, 1.82) is 0 Å². The predicted molar refractivity (Wildman–Crippen MR) is 67.8 cm³/mol. The molecular weight excluding hydrogens is 246 g/mol. The van der Waals surface area contributed by atoms with Gasteiger partial charge in [-0.05, 0) is 0 Å². The van der Waals surface area contributed by atoms with Gasteiger partial charge in [-0.1, -0.05) is 0 Å². The number of hydrogen-bond acceptors (Lipinski definition) is 7. The third kappa shape index (κ3) is 2.29. The number of rotatable bonds is 0. The van der Waals surface area contributed by atoms with Gasteiger partial charge in [0.05, 0.1) is 25.0 Å². The smallest absolute Gasteiger partial charge is 0.222 e. The summed E-state index contributed by atoms with van der Waals surface area (Å²) in [6, 6.07) is 0. The largest absolute Gasteiger partial charge is 0.368 e.